The molecule has 0 spiro atoms. The first-order valence-corrected chi connectivity index (χ1v) is 11.4. The molecule has 0 saturated carbocycles. The highest BCUT2D eigenvalue weighted by atomic mass is 35.5. The van der Waals surface area contributed by atoms with E-state index < -0.39 is 10.0 Å². The van der Waals surface area contributed by atoms with Crippen LogP contribution in [0.1, 0.15) is 17.5 Å². The number of amides is 1. The van der Waals surface area contributed by atoms with Gasteiger partial charge in [-0.1, -0.05) is 35.9 Å². The normalized spacial score (nSPS) is 15.2. The van der Waals surface area contributed by atoms with Crippen LogP contribution in [0.5, 0.6) is 0 Å². The fraction of sp³-hybridized carbons (Fsp3) is 0.381. The number of hydrogen-bond acceptors (Lipinski definition) is 4. The first-order chi connectivity index (χ1) is 13.9. The van der Waals surface area contributed by atoms with Crippen molar-refractivity contribution in [1.29, 1.82) is 0 Å². The summed E-state index contributed by atoms with van der Waals surface area (Å²) in [4.78, 5) is 12.3. The zero-order valence-corrected chi connectivity index (χ0v) is 17.7. The molecular weight excluding hydrogens is 412 g/mol. The summed E-state index contributed by atoms with van der Waals surface area (Å²) in [6.07, 6.45) is 1.63. The molecule has 6 nitrogen and oxygen atoms in total. The molecule has 0 bridgehead atoms. The van der Waals surface area contributed by atoms with Crippen molar-refractivity contribution < 1.29 is 17.9 Å². The van der Waals surface area contributed by atoms with Crippen LogP contribution in [-0.4, -0.2) is 51.5 Å². The molecule has 1 heterocycles. The number of halogens is 1. The minimum absolute atomic E-state index is 0.0305. The summed E-state index contributed by atoms with van der Waals surface area (Å²) in [7, 11) is -3.49. The average Bonchev–Trinajstić information content (AvgIpc) is 2.73. The van der Waals surface area contributed by atoms with Gasteiger partial charge in [0.25, 0.3) is 0 Å². The van der Waals surface area contributed by atoms with Gasteiger partial charge in [0.2, 0.25) is 15.9 Å². The molecule has 0 radical (unpaired) electrons. The van der Waals surface area contributed by atoms with Crippen molar-refractivity contribution in [1.82, 2.24) is 9.62 Å². The standard InChI is InChI=1S/C21H25ClN2O4S/c22-19-3-1-2-18(16-19)10-11-23-21(25)9-6-17-4-7-20(8-5-17)29(26,27)24-12-14-28-15-13-24/h1-5,7-8,16H,6,9-15H2,(H,23,25). The Morgan fingerprint density at radius 2 is 1.76 bits per heavy atom. The van der Waals surface area contributed by atoms with Gasteiger partial charge in [-0.15, -0.1) is 0 Å². The Kier molecular flexibility index (Phi) is 7.66. The number of benzene rings is 2. The van der Waals surface area contributed by atoms with Gasteiger partial charge >= 0.3 is 0 Å². The number of carbonyl (C=O) groups excluding carboxylic acids is 1. The summed E-state index contributed by atoms with van der Waals surface area (Å²) in [6.45, 7) is 2.14. The molecule has 0 atom stereocenters. The first kappa shape index (κ1) is 21.8. The Balaban J connectivity index is 1.45. The number of rotatable bonds is 8. The van der Waals surface area contributed by atoms with Crippen LogP contribution in [0, 0.1) is 0 Å². The van der Waals surface area contributed by atoms with Crippen molar-refractivity contribution in [2.75, 3.05) is 32.8 Å². The summed E-state index contributed by atoms with van der Waals surface area (Å²) in [6, 6.07) is 14.3. The van der Waals surface area contributed by atoms with Crippen LogP contribution in [0.15, 0.2) is 53.4 Å². The molecule has 156 valence electrons. The molecule has 1 aliphatic rings. The number of nitrogens with zero attached hydrogens (tertiary/aromatic N) is 1. The number of hydrogen-bond donors (Lipinski definition) is 1. The van der Waals surface area contributed by atoms with Crippen molar-refractivity contribution in [3.8, 4) is 0 Å². The van der Waals surface area contributed by atoms with Gasteiger partial charge in [0, 0.05) is 31.1 Å². The van der Waals surface area contributed by atoms with Crippen LogP contribution in [0.4, 0.5) is 0 Å². The molecule has 2 aromatic carbocycles. The molecule has 29 heavy (non-hydrogen) atoms. The first-order valence-electron chi connectivity index (χ1n) is 9.63. The van der Waals surface area contributed by atoms with Crippen LogP contribution < -0.4 is 5.32 Å². The predicted octanol–water partition coefficient (Wildman–Crippen LogP) is 2.65. The van der Waals surface area contributed by atoms with Gasteiger partial charge in [-0.25, -0.2) is 8.42 Å². The van der Waals surface area contributed by atoms with Gasteiger partial charge in [0.15, 0.2) is 0 Å². The molecule has 1 amide bonds. The molecule has 0 aliphatic carbocycles. The Morgan fingerprint density at radius 1 is 1.03 bits per heavy atom. The van der Waals surface area contributed by atoms with Gasteiger partial charge in [-0.2, -0.15) is 4.31 Å². The Hall–Kier alpha value is -1.93. The number of ether oxygens (including phenoxy) is 1. The van der Waals surface area contributed by atoms with E-state index in [1.165, 1.54) is 4.31 Å². The van der Waals surface area contributed by atoms with E-state index >= 15 is 0 Å². The topological polar surface area (TPSA) is 75.7 Å². The zero-order valence-electron chi connectivity index (χ0n) is 16.1. The Bertz CT molecular complexity index is 926. The van der Waals surface area contributed by atoms with Gasteiger partial charge in [-0.3, -0.25) is 4.79 Å². The molecule has 1 aliphatic heterocycles. The molecule has 1 N–H and O–H groups in total. The molecule has 0 aromatic heterocycles. The number of sulfonamides is 1. The van der Waals surface area contributed by atoms with Gasteiger partial charge in [0.1, 0.15) is 0 Å². The highest BCUT2D eigenvalue weighted by molar-refractivity contribution is 7.89. The summed E-state index contributed by atoms with van der Waals surface area (Å²) in [5, 5.41) is 3.59. The lowest BCUT2D eigenvalue weighted by molar-refractivity contribution is -0.121. The Labute approximate surface area is 176 Å². The lowest BCUT2D eigenvalue weighted by Crippen LogP contribution is -2.40. The van der Waals surface area contributed by atoms with Gasteiger partial charge in [-0.05, 0) is 48.2 Å². The highest BCUT2D eigenvalue weighted by Gasteiger charge is 2.26. The number of carbonyl (C=O) groups is 1. The quantitative estimate of drug-likeness (QED) is 0.690. The third-order valence-electron chi connectivity index (χ3n) is 4.80. The van der Waals surface area contributed by atoms with E-state index in [-0.39, 0.29) is 10.8 Å². The smallest absolute Gasteiger partial charge is 0.243 e. The van der Waals surface area contributed by atoms with Crippen LogP contribution in [-0.2, 0) is 32.4 Å². The van der Waals surface area contributed by atoms with Crippen LogP contribution >= 0.6 is 11.6 Å². The average molecular weight is 437 g/mol. The van der Waals surface area contributed by atoms with E-state index in [0.717, 1.165) is 17.5 Å². The largest absolute Gasteiger partial charge is 0.379 e. The van der Waals surface area contributed by atoms with Crippen molar-refractivity contribution >= 4 is 27.5 Å². The van der Waals surface area contributed by atoms with Crippen molar-refractivity contribution in [2.24, 2.45) is 0 Å². The van der Waals surface area contributed by atoms with E-state index in [4.69, 9.17) is 16.3 Å². The van der Waals surface area contributed by atoms with Crippen LogP contribution in [0.2, 0.25) is 5.02 Å². The molecule has 3 rings (SSSR count). The van der Waals surface area contributed by atoms with Crippen molar-refractivity contribution in [2.45, 2.75) is 24.2 Å². The van der Waals surface area contributed by atoms with Crippen molar-refractivity contribution in [3.63, 3.8) is 0 Å². The third-order valence-corrected chi connectivity index (χ3v) is 6.94. The summed E-state index contributed by atoms with van der Waals surface area (Å²) < 4.78 is 31.9. The fourth-order valence-corrected chi connectivity index (χ4v) is 4.77. The van der Waals surface area contributed by atoms with E-state index in [0.29, 0.717) is 50.7 Å². The highest BCUT2D eigenvalue weighted by Crippen LogP contribution is 2.18. The van der Waals surface area contributed by atoms with E-state index in [1.54, 1.807) is 24.3 Å². The fourth-order valence-electron chi connectivity index (χ4n) is 3.15. The minimum Gasteiger partial charge on any atom is -0.379 e. The minimum atomic E-state index is -3.49. The Morgan fingerprint density at radius 3 is 2.45 bits per heavy atom. The molecule has 0 unspecified atom stereocenters. The number of aryl methyl sites for hydroxylation is 1. The maximum atomic E-state index is 12.6. The number of morpholine rings is 1. The maximum absolute atomic E-state index is 12.6. The predicted molar refractivity (Wildman–Crippen MR) is 113 cm³/mol. The second-order valence-electron chi connectivity index (χ2n) is 6.89. The van der Waals surface area contributed by atoms with Crippen LogP contribution in [0.3, 0.4) is 0 Å². The SMILES string of the molecule is O=C(CCc1ccc(S(=O)(=O)N2CCOCC2)cc1)NCCc1cccc(Cl)c1. The third kappa shape index (κ3) is 6.27. The molecular formula is C21H25ClN2O4S. The summed E-state index contributed by atoms with van der Waals surface area (Å²) in [5.41, 5.74) is 2.01. The molecule has 8 heteroatoms. The van der Waals surface area contributed by atoms with Gasteiger partial charge < -0.3 is 10.1 Å². The van der Waals surface area contributed by atoms with Crippen molar-refractivity contribution in [3.05, 3.63) is 64.7 Å². The molecule has 1 fully saturated rings. The van der Waals surface area contributed by atoms with E-state index in [1.807, 2.05) is 24.3 Å². The second kappa shape index (κ2) is 10.2. The zero-order chi connectivity index (χ0) is 20.7. The lowest BCUT2D eigenvalue weighted by atomic mass is 10.1. The second-order valence-corrected chi connectivity index (χ2v) is 9.26. The van der Waals surface area contributed by atoms with E-state index in [2.05, 4.69) is 5.32 Å². The monoisotopic (exact) mass is 436 g/mol. The number of nitrogens with one attached hydrogen (secondary N) is 1. The van der Waals surface area contributed by atoms with Crippen LogP contribution in [0.25, 0.3) is 0 Å². The lowest BCUT2D eigenvalue weighted by Gasteiger charge is -2.26. The summed E-state index contributed by atoms with van der Waals surface area (Å²) >= 11 is 5.95. The summed E-state index contributed by atoms with van der Waals surface area (Å²) in [5.74, 6) is -0.0305. The molecule has 1 saturated heterocycles. The maximum Gasteiger partial charge on any atom is 0.243 e. The molecule has 2 aromatic rings. The van der Waals surface area contributed by atoms with E-state index in [9.17, 15) is 13.2 Å². The van der Waals surface area contributed by atoms with Gasteiger partial charge in [0.05, 0.1) is 18.1 Å².